The Morgan fingerprint density at radius 1 is 1.12 bits per heavy atom. The summed E-state index contributed by atoms with van der Waals surface area (Å²) in [5.41, 5.74) is 9.69. The molecule has 3 saturated heterocycles. The number of benzene rings is 1. The molecule has 0 unspecified atom stereocenters. The number of aryl methyl sites for hydroxylation is 1. The van der Waals surface area contributed by atoms with Gasteiger partial charge in [0.25, 0.3) is 5.91 Å². The average Bonchev–Trinajstić information content (AvgIpc) is 3.88. The minimum absolute atomic E-state index is 0.124. The van der Waals surface area contributed by atoms with E-state index >= 15 is 0 Å². The van der Waals surface area contributed by atoms with Crippen molar-refractivity contribution in [3.8, 4) is 11.3 Å². The average molecular weight is 898 g/mol. The minimum Gasteiger partial charge on any atom is -0.464 e. The standard InChI is InChI=1S/C48H67N9O6S/c1-9-55-38-15-14-31-24-33(38)34(42(55)32-12-10-19-50-40(32)30(4)62-8)26-47(5,6)28-63-45(60)35-13-11-22-57(53-35)44(59)36(25-39-51-37(31)27-64-39)52-43(58)41(29(2)3)54(7)46(61)56-23-18-48(56)16-20-49-21-17-48/h10,12,14-15,24,27,29-30,35-36,41,49-50,53H,9,11,13,16-23,25-26,28H2,1-8H3,(H,52,58)/t30-,35-,36-,41-/m0/s1. The second-order valence-electron chi connectivity index (χ2n) is 19.4. The summed E-state index contributed by atoms with van der Waals surface area (Å²) in [4.78, 5) is 65.8. The van der Waals surface area contributed by atoms with E-state index in [1.165, 1.54) is 16.3 Å². The van der Waals surface area contributed by atoms with Crippen LogP contribution < -0.4 is 21.4 Å². The normalized spacial score (nSPS) is 23.3. The van der Waals surface area contributed by atoms with Gasteiger partial charge in [-0.1, -0.05) is 45.9 Å². The molecule has 2 aromatic heterocycles. The number of hydrogen-bond donors (Lipinski definition) is 4. The number of dihydropyridines is 1. The maximum absolute atomic E-state index is 14.6. The van der Waals surface area contributed by atoms with E-state index in [2.05, 4.69) is 84.0 Å². The fourth-order valence-electron chi connectivity index (χ4n) is 10.5. The number of amides is 4. The predicted molar refractivity (Wildman–Crippen MR) is 249 cm³/mol. The molecule has 15 nitrogen and oxygen atoms in total. The lowest BCUT2D eigenvalue weighted by Gasteiger charge is -2.56. The maximum atomic E-state index is 14.6. The second kappa shape index (κ2) is 18.6. The third-order valence-electron chi connectivity index (χ3n) is 14.1. The van der Waals surface area contributed by atoms with Gasteiger partial charge >= 0.3 is 12.0 Å². The van der Waals surface area contributed by atoms with Crippen molar-refractivity contribution in [2.24, 2.45) is 11.3 Å². The van der Waals surface area contributed by atoms with Gasteiger partial charge in [-0.05, 0) is 89.1 Å². The van der Waals surface area contributed by atoms with E-state index in [0.29, 0.717) is 43.9 Å². The first-order valence-electron chi connectivity index (χ1n) is 23.2. The molecule has 5 aliphatic heterocycles. The van der Waals surface area contributed by atoms with E-state index in [4.69, 9.17) is 14.5 Å². The Labute approximate surface area is 381 Å². The molecule has 3 aromatic rings. The van der Waals surface area contributed by atoms with Gasteiger partial charge in [0.15, 0.2) is 0 Å². The number of fused-ring (bicyclic) bond motifs is 6. The number of cyclic esters (lactones) is 1. The summed E-state index contributed by atoms with van der Waals surface area (Å²) >= 11 is 1.45. The van der Waals surface area contributed by atoms with Crippen molar-refractivity contribution in [1.29, 1.82) is 0 Å². The Morgan fingerprint density at radius 3 is 2.61 bits per heavy atom. The van der Waals surface area contributed by atoms with E-state index in [0.717, 1.165) is 83.6 Å². The van der Waals surface area contributed by atoms with Gasteiger partial charge in [0.2, 0.25) is 5.91 Å². The number of likely N-dealkylation sites (tertiary alicyclic amines) is 1. The Bertz CT molecular complexity index is 2330. The third kappa shape index (κ3) is 8.82. The molecule has 1 spiro atoms. The number of carbonyl (C=O) groups excluding carboxylic acids is 4. The summed E-state index contributed by atoms with van der Waals surface area (Å²) in [6, 6.07) is 3.70. The molecule has 16 heteroatoms. The van der Waals surface area contributed by atoms with Crippen LogP contribution in [-0.2, 0) is 43.2 Å². The van der Waals surface area contributed by atoms with Crippen molar-refractivity contribution in [2.45, 2.75) is 123 Å². The molecule has 4 atom stereocenters. The number of methoxy groups -OCH3 is 1. The quantitative estimate of drug-likeness (QED) is 0.220. The molecule has 64 heavy (non-hydrogen) atoms. The molecule has 1 aromatic carbocycles. The Hall–Kier alpha value is -4.77. The van der Waals surface area contributed by atoms with Crippen molar-refractivity contribution >= 4 is 51.6 Å². The van der Waals surface area contributed by atoms with Gasteiger partial charge in [-0.2, -0.15) is 0 Å². The first-order valence-corrected chi connectivity index (χ1v) is 24.1. The zero-order valence-corrected chi connectivity index (χ0v) is 39.7. The Kier molecular flexibility index (Phi) is 13.3. The van der Waals surface area contributed by atoms with E-state index in [-0.39, 0.29) is 42.5 Å². The van der Waals surface area contributed by atoms with Crippen molar-refractivity contribution in [1.82, 2.24) is 45.7 Å². The summed E-state index contributed by atoms with van der Waals surface area (Å²) in [7, 11) is 3.42. The van der Waals surface area contributed by atoms with Gasteiger partial charge < -0.3 is 39.8 Å². The molecule has 0 saturated carbocycles. The first-order chi connectivity index (χ1) is 30.6. The Morgan fingerprint density at radius 2 is 1.91 bits per heavy atom. The summed E-state index contributed by atoms with van der Waals surface area (Å²) in [5.74, 6) is -1.45. The number of likely N-dealkylation sites (N-methyl/N-ethyl adjacent to an activating group) is 1. The van der Waals surface area contributed by atoms with Crippen LogP contribution >= 0.6 is 11.3 Å². The Balaban J connectivity index is 1.16. The largest absolute Gasteiger partial charge is 0.464 e. The molecule has 6 bridgehead atoms. The molecule has 5 aliphatic rings. The molecule has 3 fully saturated rings. The maximum Gasteiger partial charge on any atom is 0.324 e. The van der Waals surface area contributed by atoms with Gasteiger partial charge in [0, 0.05) is 90.8 Å². The number of nitrogens with zero attached hydrogens (tertiary/aromatic N) is 5. The molecular weight excluding hydrogens is 831 g/mol. The van der Waals surface area contributed by atoms with E-state index in [1.54, 1.807) is 19.1 Å². The molecule has 0 aliphatic carbocycles. The smallest absolute Gasteiger partial charge is 0.324 e. The number of urea groups is 1. The highest BCUT2D eigenvalue weighted by Crippen LogP contribution is 2.41. The van der Waals surface area contributed by atoms with Crippen molar-refractivity contribution in [3.63, 3.8) is 0 Å². The zero-order chi connectivity index (χ0) is 45.5. The van der Waals surface area contributed by atoms with Gasteiger partial charge in [0.05, 0.1) is 29.1 Å². The number of carbonyl (C=O) groups is 4. The van der Waals surface area contributed by atoms with Crippen LogP contribution in [0, 0.1) is 11.3 Å². The summed E-state index contributed by atoms with van der Waals surface area (Å²) < 4.78 is 14.4. The first kappa shape index (κ1) is 45.8. The number of hydrogen-bond acceptors (Lipinski definition) is 11. The predicted octanol–water partition coefficient (Wildman–Crippen LogP) is 5.24. The summed E-state index contributed by atoms with van der Waals surface area (Å²) in [6.45, 7) is 16.6. The molecule has 4 amide bonds. The fraction of sp³-hybridized carbons (Fsp3) is 0.604. The number of piperidine rings is 1. The molecule has 0 radical (unpaired) electrons. The lowest BCUT2D eigenvalue weighted by molar-refractivity contribution is -0.155. The monoisotopic (exact) mass is 897 g/mol. The highest BCUT2D eigenvalue weighted by Gasteiger charge is 2.50. The lowest BCUT2D eigenvalue weighted by atomic mass is 9.77. The molecular formula is C48H67N9O6S. The number of allylic oxidation sites excluding steroid dienone is 2. The number of ether oxygens (including phenoxy) is 2. The summed E-state index contributed by atoms with van der Waals surface area (Å²) in [6.07, 6.45) is 8.71. The van der Waals surface area contributed by atoms with Crippen LogP contribution in [0.1, 0.15) is 89.9 Å². The van der Waals surface area contributed by atoms with E-state index in [1.807, 2.05) is 24.1 Å². The van der Waals surface area contributed by atoms with Crippen LogP contribution in [0.15, 0.2) is 41.4 Å². The van der Waals surface area contributed by atoms with Gasteiger partial charge in [-0.3, -0.25) is 19.4 Å². The fourth-order valence-corrected chi connectivity index (χ4v) is 11.3. The number of nitrogens with one attached hydrogen (secondary N) is 4. The van der Waals surface area contributed by atoms with E-state index in [9.17, 15) is 19.2 Å². The second-order valence-corrected chi connectivity index (χ2v) is 20.3. The van der Waals surface area contributed by atoms with Crippen LogP contribution in [-0.4, -0.2) is 131 Å². The topological polar surface area (TPSA) is 162 Å². The third-order valence-corrected chi connectivity index (χ3v) is 15.0. The molecule has 4 N–H and O–H groups in total. The van der Waals surface area contributed by atoms with Crippen LogP contribution in [0.4, 0.5) is 4.79 Å². The van der Waals surface area contributed by atoms with E-state index < -0.39 is 35.4 Å². The SMILES string of the molecule is CCn1c(C2=C([C@H](C)OC)NCC=C2)c2c3cc(ccc31)-c1csc(n1)C[C@H](NC(=O)[C@H](C(C)C)N(C)C(=O)N1CCC13CCNCC3)C(=O)N1CCC[C@H](N1)C(=O)OCC(C)(C)C2. The number of thiazole rings is 1. The highest BCUT2D eigenvalue weighted by atomic mass is 32.1. The molecule has 8 rings (SSSR count). The van der Waals surface area contributed by atoms with Crippen molar-refractivity contribution in [3.05, 3.63) is 57.7 Å². The highest BCUT2D eigenvalue weighted by molar-refractivity contribution is 7.10. The zero-order valence-electron chi connectivity index (χ0n) is 38.8. The minimum atomic E-state index is -1.03. The molecule has 7 heterocycles. The van der Waals surface area contributed by atoms with Gasteiger partial charge in [0.1, 0.15) is 18.1 Å². The number of rotatable bonds is 8. The van der Waals surface area contributed by atoms with Gasteiger partial charge in [-0.15, -0.1) is 11.3 Å². The summed E-state index contributed by atoms with van der Waals surface area (Å²) in [5, 5.41) is 15.3. The van der Waals surface area contributed by atoms with Crippen molar-refractivity contribution < 1.29 is 28.7 Å². The van der Waals surface area contributed by atoms with Crippen molar-refractivity contribution in [2.75, 3.05) is 53.5 Å². The van der Waals surface area contributed by atoms with Gasteiger partial charge in [-0.25, -0.2) is 15.2 Å². The number of aromatic nitrogens is 2. The molecule has 346 valence electrons. The lowest BCUT2D eigenvalue weighted by Crippen LogP contribution is -2.69. The van der Waals surface area contributed by atoms with Crippen LogP contribution in [0.25, 0.3) is 27.7 Å². The van der Waals surface area contributed by atoms with Crippen LogP contribution in [0.5, 0.6) is 0 Å². The van der Waals surface area contributed by atoms with Crippen LogP contribution in [0.3, 0.4) is 0 Å². The van der Waals surface area contributed by atoms with Crippen LogP contribution in [0.2, 0.25) is 0 Å². The number of hydrazine groups is 1. The number of esters is 1.